The number of rotatable bonds is 4. The Morgan fingerprint density at radius 1 is 1.39 bits per heavy atom. The molecule has 1 atom stereocenters. The van der Waals surface area contributed by atoms with Gasteiger partial charge in [0, 0.05) is 42.6 Å². The molecule has 0 saturated carbocycles. The van der Waals surface area contributed by atoms with E-state index >= 15 is 0 Å². The fraction of sp³-hybridized carbons (Fsp3) is 0.231. The molecular weight excluding hydrogens is 244 g/mol. The Morgan fingerprint density at radius 2 is 2.33 bits per heavy atom. The molecule has 4 nitrogen and oxygen atoms in total. The first kappa shape index (κ1) is 11.4. The van der Waals surface area contributed by atoms with E-state index in [2.05, 4.69) is 22.2 Å². The van der Waals surface area contributed by atoms with Crippen LogP contribution in [0.1, 0.15) is 11.3 Å². The van der Waals surface area contributed by atoms with Gasteiger partial charge < -0.3 is 5.73 Å². The Hall–Kier alpha value is -1.72. The number of nitrogens with two attached hydrogens (primary N) is 1. The van der Waals surface area contributed by atoms with Crippen LogP contribution < -0.4 is 5.73 Å². The van der Waals surface area contributed by atoms with Crippen molar-refractivity contribution in [1.82, 2.24) is 14.4 Å². The Kier molecular flexibility index (Phi) is 3.08. The van der Waals surface area contributed by atoms with Crippen LogP contribution in [-0.4, -0.2) is 20.4 Å². The van der Waals surface area contributed by atoms with E-state index in [1.54, 1.807) is 17.5 Å². The molecule has 3 aromatic rings. The number of pyridine rings is 1. The zero-order chi connectivity index (χ0) is 12.4. The zero-order valence-corrected chi connectivity index (χ0v) is 10.7. The Labute approximate surface area is 109 Å². The first-order chi connectivity index (χ1) is 8.81. The van der Waals surface area contributed by atoms with Gasteiger partial charge in [0.25, 0.3) is 0 Å². The highest BCUT2D eigenvalue weighted by molar-refractivity contribution is 7.15. The second-order valence-corrected chi connectivity index (χ2v) is 5.23. The van der Waals surface area contributed by atoms with Crippen molar-refractivity contribution in [2.75, 3.05) is 0 Å². The van der Waals surface area contributed by atoms with Crippen molar-refractivity contribution in [3.8, 4) is 0 Å². The molecule has 0 saturated heterocycles. The summed E-state index contributed by atoms with van der Waals surface area (Å²) in [6.45, 7) is 0. The highest BCUT2D eigenvalue weighted by atomic mass is 32.1. The number of hydrogen-bond acceptors (Lipinski definition) is 4. The number of fused-ring (bicyclic) bond motifs is 1. The van der Waals surface area contributed by atoms with Crippen LogP contribution in [0, 0.1) is 0 Å². The van der Waals surface area contributed by atoms with Crippen LogP contribution in [0.2, 0.25) is 0 Å². The lowest BCUT2D eigenvalue weighted by atomic mass is 10.0. The van der Waals surface area contributed by atoms with E-state index in [1.807, 2.05) is 28.2 Å². The molecule has 3 aromatic heterocycles. The minimum absolute atomic E-state index is 0.0822. The molecule has 0 aliphatic rings. The molecule has 0 spiro atoms. The molecule has 0 bridgehead atoms. The Bertz CT molecular complexity index is 600. The van der Waals surface area contributed by atoms with Gasteiger partial charge in [-0.05, 0) is 18.1 Å². The van der Waals surface area contributed by atoms with E-state index in [9.17, 15) is 0 Å². The third-order valence-electron chi connectivity index (χ3n) is 2.84. The monoisotopic (exact) mass is 258 g/mol. The van der Waals surface area contributed by atoms with Gasteiger partial charge in [-0.2, -0.15) is 0 Å². The Morgan fingerprint density at radius 3 is 3.11 bits per heavy atom. The average molecular weight is 258 g/mol. The van der Waals surface area contributed by atoms with Gasteiger partial charge in [-0.15, -0.1) is 11.3 Å². The van der Waals surface area contributed by atoms with Crippen LogP contribution in [0.5, 0.6) is 0 Å². The molecule has 0 aliphatic carbocycles. The number of aromatic nitrogens is 3. The first-order valence-electron chi connectivity index (χ1n) is 5.87. The summed E-state index contributed by atoms with van der Waals surface area (Å²) in [7, 11) is 0. The van der Waals surface area contributed by atoms with E-state index in [4.69, 9.17) is 5.73 Å². The van der Waals surface area contributed by atoms with Crippen LogP contribution in [0.15, 0.2) is 42.3 Å². The van der Waals surface area contributed by atoms with Crippen LogP contribution in [-0.2, 0) is 12.8 Å². The largest absolute Gasteiger partial charge is 0.327 e. The molecule has 0 aromatic carbocycles. The standard InChI is InChI=1S/C13H14N4S/c14-11(6-10-2-1-3-15-8-10)7-12-9-17-4-5-18-13(17)16-12/h1-5,8-9,11H,6-7,14H2. The molecule has 92 valence electrons. The molecule has 3 rings (SSSR count). The van der Waals surface area contributed by atoms with Crippen molar-refractivity contribution < 1.29 is 0 Å². The molecule has 0 aliphatic heterocycles. The summed E-state index contributed by atoms with van der Waals surface area (Å²) >= 11 is 1.64. The first-order valence-corrected chi connectivity index (χ1v) is 6.75. The molecule has 1 unspecified atom stereocenters. The van der Waals surface area contributed by atoms with Gasteiger partial charge in [-0.3, -0.25) is 9.38 Å². The highest BCUT2D eigenvalue weighted by Gasteiger charge is 2.09. The predicted molar refractivity (Wildman–Crippen MR) is 72.7 cm³/mol. The summed E-state index contributed by atoms with van der Waals surface area (Å²) in [5.41, 5.74) is 8.38. The minimum atomic E-state index is 0.0822. The summed E-state index contributed by atoms with van der Waals surface area (Å²) in [6.07, 6.45) is 9.34. The normalized spacial score (nSPS) is 12.9. The third kappa shape index (κ3) is 2.42. The van der Waals surface area contributed by atoms with E-state index < -0.39 is 0 Å². The quantitative estimate of drug-likeness (QED) is 0.777. The topological polar surface area (TPSA) is 56.2 Å². The van der Waals surface area contributed by atoms with Gasteiger partial charge >= 0.3 is 0 Å². The van der Waals surface area contributed by atoms with Crippen LogP contribution >= 0.6 is 11.3 Å². The molecule has 2 N–H and O–H groups in total. The number of hydrogen-bond donors (Lipinski definition) is 1. The minimum Gasteiger partial charge on any atom is -0.327 e. The number of thiazole rings is 1. The lowest BCUT2D eigenvalue weighted by molar-refractivity contribution is 0.655. The van der Waals surface area contributed by atoms with Crippen LogP contribution in [0.25, 0.3) is 4.96 Å². The van der Waals surface area contributed by atoms with Gasteiger partial charge in [0.05, 0.1) is 5.69 Å². The number of imidazole rings is 1. The van der Waals surface area contributed by atoms with E-state index in [-0.39, 0.29) is 6.04 Å². The zero-order valence-electron chi connectivity index (χ0n) is 9.86. The predicted octanol–water partition coefficient (Wildman–Crippen LogP) is 1.90. The van der Waals surface area contributed by atoms with E-state index in [0.29, 0.717) is 0 Å². The second kappa shape index (κ2) is 4.88. The summed E-state index contributed by atoms with van der Waals surface area (Å²) in [5.74, 6) is 0. The van der Waals surface area contributed by atoms with Gasteiger partial charge in [-0.1, -0.05) is 6.07 Å². The van der Waals surface area contributed by atoms with Crippen molar-refractivity contribution in [3.63, 3.8) is 0 Å². The number of nitrogens with zero attached hydrogens (tertiary/aromatic N) is 3. The maximum Gasteiger partial charge on any atom is 0.193 e. The van der Waals surface area contributed by atoms with Crippen LogP contribution in [0.4, 0.5) is 0 Å². The summed E-state index contributed by atoms with van der Waals surface area (Å²) in [4.78, 5) is 9.66. The molecule has 18 heavy (non-hydrogen) atoms. The molecule has 0 radical (unpaired) electrons. The van der Waals surface area contributed by atoms with Crippen molar-refractivity contribution in [1.29, 1.82) is 0 Å². The summed E-state index contributed by atoms with van der Waals surface area (Å²) in [5, 5.41) is 2.03. The molecular formula is C13H14N4S. The highest BCUT2D eigenvalue weighted by Crippen LogP contribution is 2.13. The van der Waals surface area contributed by atoms with Gasteiger partial charge in [0.1, 0.15) is 0 Å². The second-order valence-electron chi connectivity index (χ2n) is 4.35. The maximum absolute atomic E-state index is 6.15. The van der Waals surface area contributed by atoms with Gasteiger partial charge in [0.15, 0.2) is 4.96 Å². The van der Waals surface area contributed by atoms with Crippen molar-refractivity contribution in [2.24, 2.45) is 5.73 Å². The van der Waals surface area contributed by atoms with Crippen molar-refractivity contribution in [3.05, 3.63) is 53.6 Å². The fourth-order valence-electron chi connectivity index (χ4n) is 2.04. The van der Waals surface area contributed by atoms with Gasteiger partial charge in [0.2, 0.25) is 0 Å². The van der Waals surface area contributed by atoms with Crippen LogP contribution in [0.3, 0.4) is 0 Å². The SMILES string of the molecule is NC(Cc1cccnc1)Cc1cn2ccsc2n1. The summed E-state index contributed by atoms with van der Waals surface area (Å²) < 4.78 is 2.04. The average Bonchev–Trinajstić information content (AvgIpc) is 2.90. The smallest absolute Gasteiger partial charge is 0.193 e. The molecule has 0 fully saturated rings. The molecule has 0 amide bonds. The molecule has 3 heterocycles. The third-order valence-corrected chi connectivity index (χ3v) is 3.61. The molecule has 5 heteroatoms. The lowest BCUT2D eigenvalue weighted by Gasteiger charge is -2.09. The summed E-state index contributed by atoms with van der Waals surface area (Å²) in [6, 6.07) is 4.08. The van der Waals surface area contributed by atoms with Gasteiger partial charge in [-0.25, -0.2) is 4.98 Å². The lowest BCUT2D eigenvalue weighted by Crippen LogP contribution is -2.25. The Balaban J connectivity index is 1.67. The van der Waals surface area contributed by atoms with Crippen molar-refractivity contribution >= 4 is 16.3 Å². The maximum atomic E-state index is 6.15. The van der Waals surface area contributed by atoms with E-state index in [1.165, 1.54) is 5.56 Å². The van der Waals surface area contributed by atoms with Crippen molar-refractivity contribution in [2.45, 2.75) is 18.9 Å². The fourth-order valence-corrected chi connectivity index (χ4v) is 2.76. The van der Waals surface area contributed by atoms with E-state index in [0.717, 1.165) is 23.5 Å².